The van der Waals surface area contributed by atoms with E-state index in [1.165, 1.54) is 0 Å². The first kappa shape index (κ1) is 11.8. The van der Waals surface area contributed by atoms with Crippen molar-refractivity contribution in [1.29, 1.82) is 0 Å². The molecule has 2 rings (SSSR count). The summed E-state index contributed by atoms with van der Waals surface area (Å²) in [5, 5.41) is 2.89. The molecule has 92 valence electrons. The standard InChI is InChI=1S/C13H17NO3/c1-16-11-6-5-9(8-12(11)17-2)10-4-3-7-14-13(10)15/h5-6,8,10H,3-4,7H2,1-2H3,(H,14,15)/t10-/m1/s1. The molecule has 1 aromatic rings. The number of amides is 1. The van der Waals surface area contributed by atoms with Gasteiger partial charge in [0.05, 0.1) is 20.1 Å². The number of carbonyl (C=O) groups excluding carboxylic acids is 1. The second-order valence-corrected chi connectivity index (χ2v) is 4.10. The van der Waals surface area contributed by atoms with Gasteiger partial charge in [-0.05, 0) is 30.5 Å². The van der Waals surface area contributed by atoms with Crippen molar-refractivity contribution in [2.24, 2.45) is 0 Å². The van der Waals surface area contributed by atoms with Gasteiger partial charge in [0.25, 0.3) is 0 Å². The zero-order valence-corrected chi connectivity index (χ0v) is 10.2. The Hall–Kier alpha value is -1.71. The molecule has 0 aromatic heterocycles. The average molecular weight is 235 g/mol. The molecule has 1 aromatic carbocycles. The zero-order chi connectivity index (χ0) is 12.3. The monoisotopic (exact) mass is 235 g/mol. The van der Waals surface area contributed by atoms with E-state index >= 15 is 0 Å². The minimum absolute atomic E-state index is 0.0662. The lowest BCUT2D eigenvalue weighted by molar-refractivity contribution is -0.123. The molecule has 0 aliphatic carbocycles. The topological polar surface area (TPSA) is 47.6 Å². The number of ether oxygens (including phenoxy) is 2. The minimum atomic E-state index is -0.0662. The Balaban J connectivity index is 2.29. The molecular weight excluding hydrogens is 218 g/mol. The van der Waals surface area contributed by atoms with Crippen LogP contribution in [0.4, 0.5) is 0 Å². The largest absolute Gasteiger partial charge is 0.493 e. The van der Waals surface area contributed by atoms with E-state index in [-0.39, 0.29) is 11.8 Å². The summed E-state index contributed by atoms with van der Waals surface area (Å²) in [6, 6.07) is 5.65. The summed E-state index contributed by atoms with van der Waals surface area (Å²) in [7, 11) is 3.20. The van der Waals surface area contributed by atoms with Crippen LogP contribution in [-0.2, 0) is 4.79 Å². The van der Waals surface area contributed by atoms with Gasteiger partial charge in [0, 0.05) is 6.54 Å². The van der Waals surface area contributed by atoms with Crippen molar-refractivity contribution in [1.82, 2.24) is 5.32 Å². The maximum absolute atomic E-state index is 11.8. The highest BCUT2D eigenvalue weighted by atomic mass is 16.5. The summed E-state index contributed by atoms with van der Waals surface area (Å²) in [5.74, 6) is 1.39. The van der Waals surface area contributed by atoms with Gasteiger partial charge in [-0.3, -0.25) is 4.79 Å². The van der Waals surface area contributed by atoms with Crippen molar-refractivity contribution in [2.45, 2.75) is 18.8 Å². The van der Waals surface area contributed by atoms with Crippen molar-refractivity contribution in [3.63, 3.8) is 0 Å². The van der Waals surface area contributed by atoms with E-state index in [1.54, 1.807) is 14.2 Å². The Morgan fingerprint density at radius 2 is 2.00 bits per heavy atom. The van der Waals surface area contributed by atoms with Crippen LogP contribution in [0.2, 0.25) is 0 Å². The Morgan fingerprint density at radius 1 is 1.24 bits per heavy atom. The first-order chi connectivity index (χ1) is 8.26. The second-order valence-electron chi connectivity index (χ2n) is 4.10. The summed E-state index contributed by atoms with van der Waals surface area (Å²) in [5.41, 5.74) is 0.986. The van der Waals surface area contributed by atoms with Gasteiger partial charge in [-0.2, -0.15) is 0 Å². The van der Waals surface area contributed by atoms with Crippen LogP contribution in [0.5, 0.6) is 11.5 Å². The molecule has 1 aliphatic heterocycles. The van der Waals surface area contributed by atoms with Gasteiger partial charge < -0.3 is 14.8 Å². The van der Waals surface area contributed by atoms with E-state index in [2.05, 4.69) is 5.32 Å². The highest BCUT2D eigenvalue weighted by Crippen LogP contribution is 2.33. The van der Waals surface area contributed by atoms with Gasteiger partial charge in [0.15, 0.2) is 11.5 Å². The van der Waals surface area contributed by atoms with Crippen molar-refractivity contribution >= 4 is 5.91 Å². The van der Waals surface area contributed by atoms with Crippen LogP contribution >= 0.6 is 0 Å². The molecule has 4 heteroatoms. The van der Waals surface area contributed by atoms with E-state index in [4.69, 9.17) is 9.47 Å². The molecule has 0 unspecified atom stereocenters. The molecule has 1 fully saturated rings. The van der Waals surface area contributed by atoms with Gasteiger partial charge in [-0.1, -0.05) is 6.07 Å². The smallest absolute Gasteiger partial charge is 0.227 e. The molecular formula is C13H17NO3. The predicted molar refractivity (Wildman–Crippen MR) is 64.5 cm³/mol. The lowest BCUT2D eigenvalue weighted by atomic mass is 9.90. The molecule has 1 N–H and O–H groups in total. The molecule has 1 atom stereocenters. The second kappa shape index (κ2) is 5.08. The molecule has 1 saturated heterocycles. The fraction of sp³-hybridized carbons (Fsp3) is 0.462. The summed E-state index contributed by atoms with van der Waals surface area (Å²) < 4.78 is 10.4. The van der Waals surface area contributed by atoms with E-state index in [0.29, 0.717) is 11.5 Å². The van der Waals surface area contributed by atoms with Crippen LogP contribution in [-0.4, -0.2) is 26.7 Å². The van der Waals surface area contributed by atoms with Crippen LogP contribution in [0, 0.1) is 0 Å². The molecule has 0 saturated carbocycles. The Bertz CT molecular complexity index is 417. The van der Waals surface area contributed by atoms with Crippen LogP contribution in [0.3, 0.4) is 0 Å². The van der Waals surface area contributed by atoms with E-state index < -0.39 is 0 Å². The molecule has 1 amide bonds. The van der Waals surface area contributed by atoms with E-state index in [1.807, 2.05) is 18.2 Å². The normalized spacial score (nSPS) is 19.6. The molecule has 4 nitrogen and oxygen atoms in total. The van der Waals surface area contributed by atoms with Gasteiger partial charge in [-0.15, -0.1) is 0 Å². The fourth-order valence-electron chi connectivity index (χ4n) is 2.16. The predicted octanol–water partition coefficient (Wildman–Crippen LogP) is 1.70. The fourth-order valence-corrected chi connectivity index (χ4v) is 2.16. The number of piperidine rings is 1. The molecule has 17 heavy (non-hydrogen) atoms. The minimum Gasteiger partial charge on any atom is -0.493 e. The third kappa shape index (κ3) is 2.35. The zero-order valence-electron chi connectivity index (χ0n) is 10.2. The number of hydrogen-bond donors (Lipinski definition) is 1. The Kier molecular flexibility index (Phi) is 3.52. The maximum Gasteiger partial charge on any atom is 0.227 e. The number of methoxy groups -OCH3 is 2. The number of carbonyl (C=O) groups is 1. The summed E-state index contributed by atoms with van der Waals surface area (Å²) >= 11 is 0. The summed E-state index contributed by atoms with van der Waals surface area (Å²) in [4.78, 5) is 11.8. The molecule has 0 bridgehead atoms. The summed E-state index contributed by atoms with van der Waals surface area (Å²) in [6.07, 6.45) is 1.91. The van der Waals surface area contributed by atoms with Gasteiger partial charge in [0.1, 0.15) is 0 Å². The van der Waals surface area contributed by atoms with Gasteiger partial charge in [-0.25, -0.2) is 0 Å². The number of nitrogens with one attached hydrogen (secondary N) is 1. The summed E-state index contributed by atoms with van der Waals surface area (Å²) in [6.45, 7) is 0.780. The average Bonchev–Trinajstić information content (AvgIpc) is 2.38. The van der Waals surface area contributed by atoms with Gasteiger partial charge in [0.2, 0.25) is 5.91 Å². The molecule has 1 heterocycles. The van der Waals surface area contributed by atoms with Crippen molar-refractivity contribution in [2.75, 3.05) is 20.8 Å². The third-order valence-electron chi connectivity index (χ3n) is 3.10. The Labute approximate surface area is 101 Å². The van der Waals surface area contributed by atoms with Crippen LogP contribution < -0.4 is 14.8 Å². The maximum atomic E-state index is 11.8. The van der Waals surface area contributed by atoms with Crippen LogP contribution in [0.25, 0.3) is 0 Å². The highest BCUT2D eigenvalue weighted by molar-refractivity contribution is 5.84. The lowest BCUT2D eigenvalue weighted by Gasteiger charge is -2.22. The quantitative estimate of drug-likeness (QED) is 0.867. The van der Waals surface area contributed by atoms with Crippen molar-refractivity contribution < 1.29 is 14.3 Å². The first-order valence-electron chi connectivity index (χ1n) is 5.76. The van der Waals surface area contributed by atoms with Crippen LogP contribution in [0.15, 0.2) is 18.2 Å². The van der Waals surface area contributed by atoms with Crippen LogP contribution in [0.1, 0.15) is 24.3 Å². The molecule has 0 spiro atoms. The van der Waals surface area contributed by atoms with E-state index in [9.17, 15) is 4.79 Å². The first-order valence-corrected chi connectivity index (χ1v) is 5.76. The molecule has 0 radical (unpaired) electrons. The Morgan fingerprint density at radius 3 is 2.65 bits per heavy atom. The lowest BCUT2D eigenvalue weighted by Crippen LogP contribution is -2.35. The number of benzene rings is 1. The van der Waals surface area contributed by atoms with Gasteiger partial charge >= 0.3 is 0 Å². The van der Waals surface area contributed by atoms with Crippen molar-refractivity contribution in [3.05, 3.63) is 23.8 Å². The number of rotatable bonds is 3. The number of hydrogen-bond acceptors (Lipinski definition) is 3. The molecule has 1 aliphatic rings. The SMILES string of the molecule is COc1ccc([C@H]2CCCNC2=O)cc1OC. The van der Waals surface area contributed by atoms with E-state index in [0.717, 1.165) is 24.9 Å². The third-order valence-corrected chi connectivity index (χ3v) is 3.10. The highest BCUT2D eigenvalue weighted by Gasteiger charge is 2.24. The van der Waals surface area contributed by atoms with Crippen molar-refractivity contribution in [3.8, 4) is 11.5 Å².